The van der Waals surface area contributed by atoms with Crippen LogP contribution in [0, 0.1) is 0 Å². The third kappa shape index (κ3) is 3.02. The molecule has 1 aliphatic heterocycles. The summed E-state index contributed by atoms with van der Waals surface area (Å²) in [6, 6.07) is 0.268. The Balaban J connectivity index is 2.20. The summed E-state index contributed by atoms with van der Waals surface area (Å²) in [6.07, 6.45) is 4.26. The van der Waals surface area contributed by atoms with Gasteiger partial charge in [0.2, 0.25) is 0 Å². The monoisotopic (exact) mass is 289 g/mol. The lowest BCUT2D eigenvalue weighted by Crippen LogP contribution is -2.29. The van der Waals surface area contributed by atoms with Crippen molar-refractivity contribution in [3.8, 4) is 0 Å². The van der Waals surface area contributed by atoms with Crippen LogP contribution in [-0.4, -0.2) is 41.5 Å². The van der Waals surface area contributed by atoms with Crippen LogP contribution in [0.1, 0.15) is 24.6 Å². The summed E-state index contributed by atoms with van der Waals surface area (Å²) in [5.41, 5.74) is 1.09. The van der Waals surface area contributed by atoms with Gasteiger partial charge in [0.15, 0.2) is 0 Å². The quantitative estimate of drug-likeness (QED) is 0.872. The van der Waals surface area contributed by atoms with Crippen LogP contribution in [0.25, 0.3) is 0 Å². The van der Waals surface area contributed by atoms with Crippen LogP contribution in [0.2, 0.25) is 5.02 Å². The Kier molecular flexibility index (Phi) is 5.36. The average Bonchev–Trinajstić information content (AvgIpc) is 3.00. The number of methoxy groups -OCH3 is 1. The highest BCUT2D eigenvalue weighted by molar-refractivity contribution is 8.00. The number of aromatic nitrogens is 2. The summed E-state index contributed by atoms with van der Waals surface area (Å²) in [7, 11) is 3.70. The normalized spacial score (nSPS) is 21.4. The van der Waals surface area contributed by atoms with Gasteiger partial charge in [0.25, 0.3) is 0 Å². The van der Waals surface area contributed by atoms with Gasteiger partial charge in [0.05, 0.1) is 36.1 Å². The summed E-state index contributed by atoms with van der Waals surface area (Å²) >= 11 is 8.32. The van der Waals surface area contributed by atoms with Crippen LogP contribution in [0.4, 0.5) is 0 Å². The van der Waals surface area contributed by atoms with E-state index in [4.69, 9.17) is 16.3 Å². The van der Waals surface area contributed by atoms with Gasteiger partial charge < -0.3 is 10.1 Å². The average molecular weight is 290 g/mol. The largest absolute Gasteiger partial charge is 0.383 e. The van der Waals surface area contributed by atoms with Crippen LogP contribution in [-0.2, 0) is 11.3 Å². The number of rotatable bonds is 6. The lowest BCUT2D eigenvalue weighted by Gasteiger charge is -2.23. The van der Waals surface area contributed by atoms with E-state index >= 15 is 0 Å². The van der Waals surface area contributed by atoms with Crippen molar-refractivity contribution in [1.29, 1.82) is 0 Å². The summed E-state index contributed by atoms with van der Waals surface area (Å²) in [5.74, 6) is 1.24. The van der Waals surface area contributed by atoms with E-state index in [1.54, 1.807) is 13.3 Å². The second-order valence-corrected chi connectivity index (χ2v) is 6.17. The molecular weight excluding hydrogens is 270 g/mol. The first-order chi connectivity index (χ1) is 8.77. The van der Waals surface area contributed by atoms with Crippen LogP contribution in [0.3, 0.4) is 0 Å². The predicted octanol–water partition coefficient (Wildman–Crippen LogP) is 2.34. The van der Waals surface area contributed by atoms with E-state index < -0.39 is 0 Å². The lowest BCUT2D eigenvalue weighted by molar-refractivity contribution is 0.181. The highest BCUT2D eigenvalue weighted by Crippen LogP contribution is 2.37. The Morgan fingerprint density at radius 2 is 2.56 bits per heavy atom. The van der Waals surface area contributed by atoms with Crippen molar-refractivity contribution in [3.63, 3.8) is 0 Å². The molecule has 2 heterocycles. The van der Waals surface area contributed by atoms with Crippen molar-refractivity contribution in [3.05, 3.63) is 16.9 Å². The molecule has 2 unspecified atom stereocenters. The Bertz CT molecular complexity index is 379. The minimum absolute atomic E-state index is 0.268. The Morgan fingerprint density at radius 3 is 3.17 bits per heavy atom. The molecule has 0 spiro atoms. The van der Waals surface area contributed by atoms with E-state index in [2.05, 4.69) is 10.4 Å². The fourth-order valence-corrected chi connectivity index (χ4v) is 4.09. The zero-order valence-electron chi connectivity index (χ0n) is 10.9. The molecule has 18 heavy (non-hydrogen) atoms. The molecule has 1 fully saturated rings. The van der Waals surface area contributed by atoms with Gasteiger partial charge in [-0.1, -0.05) is 11.6 Å². The smallest absolute Gasteiger partial charge is 0.0834 e. The van der Waals surface area contributed by atoms with Crippen LogP contribution >= 0.6 is 23.4 Å². The van der Waals surface area contributed by atoms with Crippen molar-refractivity contribution >= 4 is 23.4 Å². The molecule has 1 aromatic rings. The van der Waals surface area contributed by atoms with Gasteiger partial charge in [0, 0.05) is 12.4 Å². The zero-order valence-corrected chi connectivity index (χ0v) is 12.4. The lowest BCUT2D eigenvalue weighted by atomic mass is 10.1. The summed E-state index contributed by atoms with van der Waals surface area (Å²) < 4.78 is 7.08. The van der Waals surface area contributed by atoms with E-state index in [-0.39, 0.29) is 6.04 Å². The maximum absolute atomic E-state index is 6.30. The number of ether oxygens (including phenoxy) is 1. The minimum Gasteiger partial charge on any atom is -0.383 e. The molecule has 1 saturated heterocycles. The number of thioether (sulfide) groups is 1. The van der Waals surface area contributed by atoms with Crippen molar-refractivity contribution in [1.82, 2.24) is 15.1 Å². The number of nitrogens with one attached hydrogen (secondary N) is 1. The van der Waals surface area contributed by atoms with E-state index in [9.17, 15) is 0 Å². The third-order valence-electron chi connectivity index (χ3n) is 3.28. The molecule has 1 aromatic heterocycles. The SMILES string of the molecule is CNC(c1c(Cl)cnn1CCOC)C1CCCS1. The van der Waals surface area contributed by atoms with Crippen molar-refractivity contribution in [2.24, 2.45) is 0 Å². The molecule has 0 saturated carbocycles. The third-order valence-corrected chi connectivity index (χ3v) is 5.03. The molecule has 0 aliphatic carbocycles. The van der Waals surface area contributed by atoms with Crippen molar-refractivity contribution < 1.29 is 4.74 Å². The molecule has 102 valence electrons. The summed E-state index contributed by atoms with van der Waals surface area (Å²) in [5, 5.41) is 9.08. The summed E-state index contributed by atoms with van der Waals surface area (Å²) in [6.45, 7) is 1.40. The number of hydrogen-bond acceptors (Lipinski definition) is 4. The number of nitrogens with zero attached hydrogens (tertiary/aromatic N) is 2. The molecule has 6 heteroatoms. The van der Waals surface area contributed by atoms with Gasteiger partial charge in [-0.05, 0) is 25.6 Å². The predicted molar refractivity (Wildman–Crippen MR) is 76.4 cm³/mol. The van der Waals surface area contributed by atoms with Crippen molar-refractivity contribution in [2.45, 2.75) is 30.7 Å². The van der Waals surface area contributed by atoms with Crippen LogP contribution < -0.4 is 5.32 Å². The second kappa shape index (κ2) is 6.80. The molecule has 0 aromatic carbocycles. The van der Waals surface area contributed by atoms with E-state index in [0.29, 0.717) is 11.9 Å². The number of halogens is 1. The minimum atomic E-state index is 0.268. The first-order valence-corrected chi connectivity index (χ1v) is 7.69. The van der Waals surface area contributed by atoms with E-state index in [1.165, 1.54) is 18.6 Å². The topological polar surface area (TPSA) is 39.1 Å². The number of hydrogen-bond donors (Lipinski definition) is 1. The Hall–Kier alpha value is -0.230. The molecule has 1 N–H and O–H groups in total. The van der Waals surface area contributed by atoms with Gasteiger partial charge in [-0.25, -0.2) is 0 Å². The molecule has 4 nitrogen and oxygen atoms in total. The van der Waals surface area contributed by atoms with Crippen LogP contribution in [0.15, 0.2) is 6.20 Å². The molecule has 0 radical (unpaired) electrons. The maximum atomic E-state index is 6.30. The maximum Gasteiger partial charge on any atom is 0.0834 e. The standard InChI is InChI=1S/C12H20ClN3OS/c1-14-11(10-4-3-7-18-10)12-9(13)8-15-16(12)5-6-17-2/h8,10-11,14H,3-7H2,1-2H3. The van der Waals surface area contributed by atoms with Gasteiger partial charge in [-0.15, -0.1) is 0 Å². The van der Waals surface area contributed by atoms with Crippen molar-refractivity contribution in [2.75, 3.05) is 26.5 Å². The molecule has 2 atom stereocenters. The van der Waals surface area contributed by atoms with E-state index in [1.807, 2.05) is 23.5 Å². The molecule has 0 amide bonds. The van der Waals surface area contributed by atoms with Gasteiger partial charge in [-0.2, -0.15) is 16.9 Å². The van der Waals surface area contributed by atoms with Gasteiger partial charge in [0.1, 0.15) is 0 Å². The second-order valence-electron chi connectivity index (χ2n) is 4.41. The highest BCUT2D eigenvalue weighted by atomic mass is 35.5. The fourth-order valence-electron chi connectivity index (χ4n) is 2.40. The molecule has 0 bridgehead atoms. The van der Waals surface area contributed by atoms with E-state index in [0.717, 1.165) is 17.3 Å². The highest BCUT2D eigenvalue weighted by Gasteiger charge is 2.30. The van der Waals surface area contributed by atoms with Crippen LogP contribution in [0.5, 0.6) is 0 Å². The molecular formula is C12H20ClN3OS. The first kappa shape index (κ1) is 14.2. The molecule has 1 aliphatic rings. The molecule has 2 rings (SSSR count). The Morgan fingerprint density at radius 1 is 1.72 bits per heavy atom. The Labute approximate surface area is 117 Å². The van der Waals surface area contributed by atoms with Gasteiger partial charge >= 0.3 is 0 Å². The fraction of sp³-hybridized carbons (Fsp3) is 0.750. The van der Waals surface area contributed by atoms with Gasteiger partial charge in [-0.3, -0.25) is 4.68 Å². The first-order valence-electron chi connectivity index (χ1n) is 6.27. The zero-order chi connectivity index (χ0) is 13.0. The summed E-state index contributed by atoms with van der Waals surface area (Å²) in [4.78, 5) is 0.